The van der Waals surface area contributed by atoms with Crippen LogP contribution >= 0.6 is 34.8 Å². The summed E-state index contributed by atoms with van der Waals surface area (Å²) in [6.45, 7) is 0.662. The number of thiocarbonyl (C=S) groups is 1. The number of hydrogen-bond donors (Lipinski definition) is 0. The van der Waals surface area contributed by atoms with Crippen LogP contribution in [-0.2, 0) is 25.4 Å². The van der Waals surface area contributed by atoms with Gasteiger partial charge in [-0.25, -0.2) is 0 Å². The number of esters is 1. The maximum Gasteiger partial charge on any atom is 0.306 e. The van der Waals surface area contributed by atoms with E-state index < -0.39 is 0 Å². The van der Waals surface area contributed by atoms with Gasteiger partial charge in [0.25, 0.3) is 0 Å². The maximum absolute atomic E-state index is 11.7. The molecule has 0 aliphatic carbocycles. The van der Waals surface area contributed by atoms with Crippen LogP contribution < -0.4 is 0 Å². The molecule has 22 heavy (non-hydrogen) atoms. The van der Waals surface area contributed by atoms with Gasteiger partial charge in [0.05, 0.1) is 31.2 Å². The number of ether oxygens (including phenoxy) is 3. The molecule has 0 bridgehead atoms. The number of halogens is 1. The number of carbonyl (C=O) groups excluding carboxylic acids is 1. The number of carbonyl (C=O) groups is 1. The summed E-state index contributed by atoms with van der Waals surface area (Å²) in [5.74, 6) is -0.337. The first-order valence-electron chi connectivity index (χ1n) is 6.90. The van der Waals surface area contributed by atoms with Crippen molar-refractivity contribution in [2.45, 2.75) is 22.7 Å². The summed E-state index contributed by atoms with van der Waals surface area (Å²) in [4.78, 5) is 11.7. The van der Waals surface area contributed by atoms with E-state index in [1.807, 2.05) is 12.1 Å². The molecule has 0 fully saturated rings. The van der Waals surface area contributed by atoms with Crippen molar-refractivity contribution in [1.82, 2.24) is 0 Å². The Balaban J connectivity index is 3.03. The van der Waals surface area contributed by atoms with Crippen LogP contribution in [0.5, 0.6) is 0 Å². The second-order valence-corrected chi connectivity index (χ2v) is 6.54. The molecule has 0 spiro atoms. The normalized spacial score (nSPS) is 13.3. The largest absolute Gasteiger partial charge is 0.489 e. The topological polar surface area (TPSA) is 44.8 Å². The molecule has 1 aromatic rings. The summed E-state index contributed by atoms with van der Waals surface area (Å²) in [5, 5.41) is 0.483. The lowest BCUT2D eigenvalue weighted by atomic mass is 9.91. The molecule has 0 heterocycles. The Bertz CT molecular complexity index is 507. The van der Waals surface area contributed by atoms with Crippen LogP contribution in [0.25, 0.3) is 0 Å². The summed E-state index contributed by atoms with van der Waals surface area (Å²) in [6.07, 6.45) is 1.09. The average molecular weight is 436 g/mol. The fourth-order valence-corrected chi connectivity index (χ4v) is 3.22. The van der Waals surface area contributed by atoms with Gasteiger partial charge >= 0.3 is 5.97 Å². The van der Waals surface area contributed by atoms with E-state index in [0.29, 0.717) is 11.7 Å². The Kier molecular flexibility index (Phi) is 8.89. The van der Waals surface area contributed by atoms with E-state index in [2.05, 4.69) is 34.7 Å². The fourth-order valence-electron chi connectivity index (χ4n) is 2.13. The van der Waals surface area contributed by atoms with E-state index in [4.69, 9.17) is 26.4 Å². The molecule has 0 aliphatic heterocycles. The lowest BCUT2D eigenvalue weighted by Gasteiger charge is -2.22. The van der Waals surface area contributed by atoms with E-state index in [-0.39, 0.29) is 22.2 Å². The molecular weight excluding hydrogens is 415 g/mol. The molecule has 122 valence electrons. The minimum atomic E-state index is -0.257. The number of benzene rings is 1. The minimum absolute atomic E-state index is 0.0806. The van der Waals surface area contributed by atoms with E-state index in [1.165, 1.54) is 12.7 Å². The summed E-state index contributed by atoms with van der Waals surface area (Å²) in [6, 6.07) is 8.14. The number of alkyl halides is 1. The summed E-state index contributed by atoms with van der Waals surface area (Å²) in [7, 11) is 4.63. The first-order valence-corrected chi connectivity index (χ1v) is 8.55. The van der Waals surface area contributed by atoms with Gasteiger partial charge < -0.3 is 14.2 Å². The fraction of sp³-hybridized carbons (Fsp3) is 0.500. The monoisotopic (exact) mass is 436 g/mol. The standard InChI is InChI=1S/C16H21IO4S/c1-19-8-7-11-5-4-6-12(9-11)13(10-14(18)20-2)15(17)16(22)21-3/h4-6,9,13,15H,7-8,10H2,1-3H3. The zero-order valence-electron chi connectivity index (χ0n) is 13.0. The second kappa shape index (κ2) is 10.1. The average Bonchev–Trinajstić information content (AvgIpc) is 2.56. The highest BCUT2D eigenvalue weighted by Gasteiger charge is 2.28. The molecule has 0 radical (unpaired) electrons. The van der Waals surface area contributed by atoms with Crippen LogP contribution in [0.4, 0.5) is 0 Å². The Morgan fingerprint density at radius 3 is 2.59 bits per heavy atom. The molecule has 1 aromatic carbocycles. The lowest BCUT2D eigenvalue weighted by Crippen LogP contribution is -2.25. The van der Waals surface area contributed by atoms with Crippen LogP contribution in [0.15, 0.2) is 24.3 Å². The van der Waals surface area contributed by atoms with Crippen molar-refractivity contribution in [3.05, 3.63) is 35.4 Å². The van der Waals surface area contributed by atoms with Gasteiger partial charge in [0, 0.05) is 13.0 Å². The zero-order chi connectivity index (χ0) is 16.5. The Morgan fingerprint density at radius 1 is 1.27 bits per heavy atom. The molecule has 4 nitrogen and oxygen atoms in total. The van der Waals surface area contributed by atoms with Crippen LogP contribution in [0.1, 0.15) is 23.5 Å². The first kappa shape index (κ1) is 19.3. The SMILES string of the molecule is COCCc1cccc(C(CC(=O)OC)C(I)C(=S)OC)c1. The predicted octanol–water partition coefficient (Wildman–Crippen LogP) is 3.30. The maximum atomic E-state index is 11.7. The predicted molar refractivity (Wildman–Crippen MR) is 98.8 cm³/mol. The number of rotatable bonds is 8. The molecule has 0 saturated carbocycles. The molecule has 2 unspecified atom stereocenters. The summed E-state index contributed by atoms with van der Waals surface area (Å²) >= 11 is 7.47. The smallest absolute Gasteiger partial charge is 0.306 e. The molecule has 0 amide bonds. The van der Waals surface area contributed by atoms with Crippen LogP contribution in [0, 0.1) is 0 Å². The van der Waals surface area contributed by atoms with Gasteiger partial charge in [0.2, 0.25) is 0 Å². The van der Waals surface area contributed by atoms with E-state index in [1.54, 1.807) is 14.2 Å². The molecular formula is C16H21IO4S. The van der Waals surface area contributed by atoms with Gasteiger partial charge in [-0.15, -0.1) is 0 Å². The summed E-state index contributed by atoms with van der Waals surface area (Å²) < 4.78 is 15.0. The van der Waals surface area contributed by atoms with E-state index >= 15 is 0 Å². The quantitative estimate of drug-likeness (QED) is 0.271. The molecule has 0 aromatic heterocycles. The molecule has 0 N–H and O–H groups in total. The summed E-state index contributed by atoms with van der Waals surface area (Å²) in [5.41, 5.74) is 2.22. The number of hydrogen-bond acceptors (Lipinski definition) is 5. The number of methoxy groups -OCH3 is 3. The van der Waals surface area contributed by atoms with Crippen molar-refractivity contribution >= 4 is 45.8 Å². The van der Waals surface area contributed by atoms with Gasteiger partial charge in [0.15, 0.2) is 5.05 Å². The van der Waals surface area contributed by atoms with Crippen LogP contribution in [0.3, 0.4) is 0 Å². The molecule has 0 aliphatic rings. The van der Waals surface area contributed by atoms with Crippen molar-refractivity contribution in [1.29, 1.82) is 0 Å². The highest BCUT2D eigenvalue weighted by atomic mass is 127. The Hall–Kier alpha value is -0.730. The second-order valence-electron chi connectivity index (χ2n) is 4.80. The van der Waals surface area contributed by atoms with Gasteiger partial charge in [-0.05, 0) is 29.8 Å². The van der Waals surface area contributed by atoms with Gasteiger partial charge in [-0.2, -0.15) is 0 Å². The van der Waals surface area contributed by atoms with Crippen molar-refractivity contribution in [3.63, 3.8) is 0 Å². The minimum Gasteiger partial charge on any atom is -0.489 e. The zero-order valence-corrected chi connectivity index (χ0v) is 16.0. The Labute approximate surface area is 150 Å². The highest BCUT2D eigenvalue weighted by molar-refractivity contribution is 14.1. The van der Waals surface area contributed by atoms with Crippen molar-refractivity contribution in [2.24, 2.45) is 0 Å². The lowest BCUT2D eigenvalue weighted by molar-refractivity contribution is -0.141. The molecule has 6 heteroatoms. The molecule has 0 saturated heterocycles. The third-order valence-corrected chi connectivity index (χ3v) is 5.64. The van der Waals surface area contributed by atoms with Crippen LogP contribution in [0.2, 0.25) is 0 Å². The molecule has 1 rings (SSSR count). The van der Waals surface area contributed by atoms with Gasteiger partial charge in [0.1, 0.15) is 0 Å². The third-order valence-electron chi connectivity index (χ3n) is 3.37. The van der Waals surface area contributed by atoms with Gasteiger partial charge in [-0.1, -0.05) is 46.9 Å². The van der Waals surface area contributed by atoms with Gasteiger partial charge in [-0.3, -0.25) is 4.79 Å². The van der Waals surface area contributed by atoms with Crippen molar-refractivity contribution in [2.75, 3.05) is 27.9 Å². The van der Waals surface area contributed by atoms with Crippen LogP contribution in [-0.4, -0.2) is 42.9 Å². The van der Waals surface area contributed by atoms with E-state index in [0.717, 1.165) is 12.0 Å². The highest BCUT2D eigenvalue weighted by Crippen LogP contribution is 2.31. The Morgan fingerprint density at radius 2 is 2.00 bits per heavy atom. The third kappa shape index (κ3) is 5.81. The first-order chi connectivity index (χ1) is 10.5. The van der Waals surface area contributed by atoms with Crippen molar-refractivity contribution in [3.8, 4) is 0 Å². The van der Waals surface area contributed by atoms with Crippen molar-refractivity contribution < 1.29 is 19.0 Å². The molecule has 2 atom stereocenters. The van der Waals surface area contributed by atoms with E-state index in [9.17, 15) is 4.79 Å².